The molecule has 0 saturated carbocycles. The van der Waals surface area contributed by atoms with Crippen molar-refractivity contribution in [2.45, 2.75) is 11.3 Å². The van der Waals surface area contributed by atoms with Gasteiger partial charge in [-0.05, 0) is 6.07 Å². The number of hydrogen-bond acceptors (Lipinski definition) is 6. The van der Waals surface area contributed by atoms with Gasteiger partial charge in [0, 0.05) is 25.7 Å². The van der Waals surface area contributed by atoms with Crippen LogP contribution in [0.3, 0.4) is 0 Å². The highest BCUT2D eigenvalue weighted by molar-refractivity contribution is 7.89. The molecule has 0 spiro atoms. The fraction of sp³-hybridized carbons (Fsp3) is 0.333. The molecule has 0 unspecified atom stereocenters. The van der Waals surface area contributed by atoms with Crippen molar-refractivity contribution in [3.8, 4) is 0 Å². The molecule has 0 aromatic heterocycles. The lowest BCUT2D eigenvalue weighted by molar-refractivity contribution is -0.385. The summed E-state index contributed by atoms with van der Waals surface area (Å²) < 4.78 is 25.2. The Labute approximate surface area is 131 Å². The van der Waals surface area contributed by atoms with Crippen LogP contribution in [0.1, 0.15) is 6.42 Å². The van der Waals surface area contributed by atoms with Crippen LogP contribution < -0.4 is 5.32 Å². The molecule has 0 aliphatic heterocycles. The molecule has 0 aliphatic carbocycles. The highest BCUT2D eigenvalue weighted by Crippen LogP contribution is 2.19. The number of carboxylic acids is 1. The largest absolute Gasteiger partial charge is 0.481 e. The number of carbonyl (C=O) groups excluding carboxylic acids is 1. The number of likely N-dealkylation sites (N-methyl/N-ethyl adjacent to an activating group) is 1. The van der Waals surface area contributed by atoms with Crippen molar-refractivity contribution < 1.29 is 28.0 Å². The van der Waals surface area contributed by atoms with Crippen molar-refractivity contribution in [1.82, 2.24) is 9.62 Å². The van der Waals surface area contributed by atoms with Crippen molar-refractivity contribution in [2.75, 3.05) is 20.1 Å². The first-order valence-electron chi connectivity index (χ1n) is 6.34. The molecule has 126 valence electrons. The van der Waals surface area contributed by atoms with Crippen molar-refractivity contribution >= 4 is 27.6 Å². The summed E-state index contributed by atoms with van der Waals surface area (Å²) in [6.45, 7) is -0.663. The SMILES string of the molecule is CN(CC(=O)NCCC(=O)O)S(=O)(=O)c1cccc([N+](=O)[O-])c1. The van der Waals surface area contributed by atoms with Gasteiger partial charge < -0.3 is 10.4 Å². The molecule has 0 bridgehead atoms. The summed E-state index contributed by atoms with van der Waals surface area (Å²) in [5, 5.41) is 21.4. The smallest absolute Gasteiger partial charge is 0.305 e. The van der Waals surface area contributed by atoms with E-state index in [1.165, 1.54) is 12.1 Å². The van der Waals surface area contributed by atoms with E-state index in [4.69, 9.17) is 5.11 Å². The maximum Gasteiger partial charge on any atom is 0.305 e. The third-order valence-electron chi connectivity index (χ3n) is 2.76. The molecule has 0 atom stereocenters. The zero-order valence-corrected chi connectivity index (χ0v) is 12.9. The van der Waals surface area contributed by atoms with Crippen LogP contribution in [0.15, 0.2) is 29.2 Å². The minimum Gasteiger partial charge on any atom is -0.481 e. The van der Waals surface area contributed by atoms with Gasteiger partial charge >= 0.3 is 5.97 Å². The van der Waals surface area contributed by atoms with Crippen LogP contribution in [-0.2, 0) is 19.6 Å². The zero-order chi connectivity index (χ0) is 17.6. The predicted molar refractivity (Wildman–Crippen MR) is 78.2 cm³/mol. The van der Waals surface area contributed by atoms with Gasteiger partial charge in [0.1, 0.15) is 0 Å². The van der Waals surface area contributed by atoms with Gasteiger partial charge in [-0.1, -0.05) is 6.07 Å². The summed E-state index contributed by atoms with van der Waals surface area (Å²) in [6, 6.07) is 4.46. The minimum absolute atomic E-state index is 0.126. The quantitative estimate of drug-likeness (QED) is 0.490. The van der Waals surface area contributed by atoms with Gasteiger partial charge in [0.05, 0.1) is 22.8 Å². The number of carboxylic acid groups (broad SMARTS) is 1. The molecule has 10 nitrogen and oxygen atoms in total. The highest BCUT2D eigenvalue weighted by Gasteiger charge is 2.24. The van der Waals surface area contributed by atoms with Crippen LogP contribution in [0.2, 0.25) is 0 Å². The first-order chi connectivity index (χ1) is 10.6. The van der Waals surface area contributed by atoms with E-state index in [1.807, 2.05) is 0 Å². The number of nitro benzene ring substituents is 1. The third kappa shape index (κ3) is 5.30. The molecule has 1 aromatic carbocycles. The number of rotatable bonds is 8. The molecule has 1 rings (SSSR count). The molecular formula is C12H15N3O7S. The predicted octanol–water partition coefficient (Wildman–Crippen LogP) is -0.194. The van der Waals surface area contributed by atoms with E-state index in [0.29, 0.717) is 0 Å². The molecule has 2 N–H and O–H groups in total. The molecule has 23 heavy (non-hydrogen) atoms. The van der Waals surface area contributed by atoms with E-state index in [-0.39, 0.29) is 23.5 Å². The average Bonchev–Trinajstić information content (AvgIpc) is 2.46. The maximum atomic E-state index is 12.3. The second-order valence-corrected chi connectivity index (χ2v) is 6.55. The van der Waals surface area contributed by atoms with Crippen LogP contribution >= 0.6 is 0 Å². The lowest BCUT2D eigenvalue weighted by atomic mass is 10.3. The summed E-state index contributed by atoms with van der Waals surface area (Å²) in [5.41, 5.74) is -0.384. The number of nitrogens with one attached hydrogen (secondary N) is 1. The van der Waals surface area contributed by atoms with Crippen LogP contribution in [0.4, 0.5) is 5.69 Å². The van der Waals surface area contributed by atoms with E-state index in [2.05, 4.69) is 5.32 Å². The highest BCUT2D eigenvalue weighted by atomic mass is 32.2. The Bertz CT molecular complexity index is 717. The Morgan fingerprint density at radius 2 is 2.04 bits per heavy atom. The van der Waals surface area contributed by atoms with Gasteiger partial charge in [-0.25, -0.2) is 8.42 Å². The molecule has 0 radical (unpaired) electrons. The molecule has 0 heterocycles. The Morgan fingerprint density at radius 1 is 1.39 bits per heavy atom. The average molecular weight is 345 g/mol. The molecule has 0 aliphatic rings. The number of non-ortho nitro benzene ring substituents is 1. The fourth-order valence-corrected chi connectivity index (χ4v) is 2.76. The van der Waals surface area contributed by atoms with Gasteiger partial charge in [-0.15, -0.1) is 0 Å². The van der Waals surface area contributed by atoms with Crippen molar-refractivity contribution in [1.29, 1.82) is 0 Å². The third-order valence-corrected chi connectivity index (χ3v) is 4.56. The van der Waals surface area contributed by atoms with Crippen LogP contribution in [0.25, 0.3) is 0 Å². The van der Waals surface area contributed by atoms with Gasteiger partial charge in [-0.2, -0.15) is 4.31 Å². The number of hydrogen-bond donors (Lipinski definition) is 2. The Hall–Kier alpha value is -2.53. The number of nitro groups is 1. The summed E-state index contributed by atoms with van der Waals surface area (Å²) in [6.07, 6.45) is -0.285. The van der Waals surface area contributed by atoms with Gasteiger partial charge in [-0.3, -0.25) is 19.7 Å². The van der Waals surface area contributed by atoms with Gasteiger partial charge in [0.15, 0.2) is 0 Å². The van der Waals surface area contributed by atoms with Gasteiger partial charge in [0.2, 0.25) is 15.9 Å². The number of aliphatic carboxylic acids is 1. The van der Waals surface area contributed by atoms with Crippen molar-refractivity contribution in [3.63, 3.8) is 0 Å². The lowest BCUT2D eigenvalue weighted by Gasteiger charge is -2.16. The second-order valence-electron chi connectivity index (χ2n) is 4.51. The Balaban J connectivity index is 2.79. The van der Waals surface area contributed by atoms with Crippen molar-refractivity contribution in [3.05, 3.63) is 34.4 Å². The molecular weight excluding hydrogens is 330 g/mol. The maximum absolute atomic E-state index is 12.3. The van der Waals surface area contributed by atoms with Crippen molar-refractivity contribution in [2.24, 2.45) is 0 Å². The van der Waals surface area contributed by atoms with Gasteiger partial charge in [0.25, 0.3) is 5.69 Å². The summed E-state index contributed by atoms with van der Waals surface area (Å²) >= 11 is 0. The van der Waals surface area contributed by atoms with E-state index in [0.717, 1.165) is 23.5 Å². The van der Waals surface area contributed by atoms with E-state index >= 15 is 0 Å². The Morgan fingerprint density at radius 3 is 2.61 bits per heavy atom. The second kappa shape index (κ2) is 7.65. The summed E-state index contributed by atoms with van der Waals surface area (Å²) in [5.74, 6) is -1.77. The van der Waals surface area contributed by atoms with Crippen LogP contribution in [-0.4, -0.2) is 54.8 Å². The molecule has 1 amide bonds. The standard InChI is InChI=1S/C12H15N3O7S/c1-14(8-11(16)13-6-5-12(17)18)23(21,22)10-4-2-3-9(7-10)15(19)20/h2-4,7H,5-6,8H2,1H3,(H,13,16)(H,17,18). The van der Waals surface area contributed by atoms with E-state index in [9.17, 15) is 28.1 Å². The van der Waals surface area contributed by atoms with E-state index < -0.39 is 33.4 Å². The molecule has 1 aromatic rings. The molecule has 0 fully saturated rings. The summed E-state index contributed by atoms with van der Waals surface area (Å²) in [4.78, 5) is 31.5. The van der Waals surface area contributed by atoms with Crippen LogP contribution in [0, 0.1) is 10.1 Å². The fourth-order valence-electron chi connectivity index (χ4n) is 1.59. The number of sulfonamides is 1. The van der Waals surface area contributed by atoms with E-state index in [1.54, 1.807) is 0 Å². The lowest BCUT2D eigenvalue weighted by Crippen LogP contribution is -2.39. The van der Waals surface area contributed by atoms with Crippen LogP contribution in [0.5, 0.6) is 0 Å². The molecule has 0 saturated heterocycles. The number of amides is 1. The first-order valence-corrected chi connectivity index (χ1v) is 7.78. The topological polar surface area (TPSA) is 147 Å². The first kappa shape index (κ1) is 18.5. The Kier molecular flexibility index (Phi) is 6.16. The number of nitrogens with zero attached hydrogens (tertiary/aromatic N) is 2. The number of carbonyl (C=O) groups is 2. The summed E-state index contributed by atoms with van der Waals surface area (Å²) in [7, 11) is -2.94. The minimum atomic E-state index is -4.08. The number of benzene rings is 1. The zero-order valence-electron chi connectivity index (χ0n) is 12.1. The molecule has 11 heteroatoms. The monoisotopic (exact) mass is 345 g/mol. The normalized spacial score (nSPS) is 11.2.